The molecule has 0 unspecified atom stereocenters. The van der Waals surface area contributed by atoms with Crippen LogP contribution in [0.2, 0.25) is 0 Å². The van der Waals surface area contributed by atoms with Gasteiger partial charge in [-0.15, -0.1) is 0 Å². The van der Waals surface area contributed by atoms with Crippen LogP contribution in [0.15, 0.2) is 29.1 Å². The van der Waals surface area contributed by atoms with E-state index in [2.05, 4.69) is 29.0 Å². The van der Waals surface area contributed by atoms with E-state index in [0.717, 1.165) is 55.8 Å². The van der Waals surface area contributed by atoms with Gasteiger partial charge in [-0.2, -0.15) is 0 Å². The molecule has 28 heavy (non-hydrogen) atoms. The number of pyridine rings is 1. The molecule has 2 aromatic rings. The number of aromatic amines is 1. The normalized spacial score (nSPS) is 11.0. The van der Waals surface area contributed by atoms with Gasteiger partial charge >= 0.3 is 0 Å². The minimum Gasteiger partial charge on any atom is -0.497 e. The van der Waals surface area contributed by atoms with Crippen LogP contribution in [0.25, 0.3) is 10.9 Å². The summed E-state index contributed by atoms with van der Waals surface area (Å²) >= 11 is 5.56. The Balaban J connectivity index is 2.18. The lowest BCUT2D eigenvalue weighted by Crippen LogP contribution is -3.11. The molecule has 0 radical (unpaired) electrons. The highest BCUT2D eigenvalue weighted by Gasteiger charge is 2.14. The second-order valence-electron chi connectivity index (χ2n) is 6.89. The van der Waals surface area contributed by atoms with Gasteiger partial charge in [-0.05, 0) is 56.6 Å². The maximum absolute atomic E-state index is 12.6. The summed E-state index contributed by atoms with van der Waals surface area (Å²) in [5.74, 6) is 0.727. The molecule has 1 aromatic heterocycles. The zero-order valence-corrected chi connectivity index (χ0v) is 18.2. The van der Waals surface area contributed by atoms with Gasteiger partial charge in [0.1, 0.15) is 5.75 Å². The quantitative estimate of drug-likeness (QED) is 0.524. The van der Waals surface area contributed by atoms with Crippen molar-refractivity contribution in [1.82, 2.24) is 15.2 Å². The maximum Gasteiger partial charge on any atom is 0.253 e. The number of nitrogens with zero attached hydrogens (tertiary/aromatic N) is 1. The Labute approximate surface area is 172 Å². The van der Waals surface area contributed by atoms with Crippen LogP contribution in [-0.2, 0) is 6.54 Å². The predicted octanol–water partition coefficient (Wildman–Crippen LogP) is 1.55. The monoisotopic (exact) mass is 405 g/mol. The Kier molecular flexibility index (Phi) is 8.73. The molecule has 0 bridgehead atoms. The molecular formula is C21H33N4O2S+. The summed E-state index contributed by atoms with van der Waals surface area (Å²) in [4.78, 5) is 19.3. The number of nitrogens with one attached hydrogen (secondary N) is 3. The van der Waals surface area contributed by atoms with E-state index in [0.29, 0.717) is 17.2 Å². The van der Waals surface area contributed by atoms with Crippen LogP contribution < -0.4 is 20.5 Å². The number of hydrogen-bond donors (Lipinski definition) is 3. The Morgan fingerprint density at radius 1 is 1.25 bits per heavy atom. The third-order valence-electron chi connectivity index (χ3n) is 5.06. The lowest BCUT2D eigenvalue weighted by Gasteiger charge is -2.26. The molecule has 1 heterocycles. The minimum absolute atomic E-state index is 0.0839. The summed E-state index contributed by atoms with van der Waals surface area (Å²) in [6.45, 7) is 11.9. The van der Waals surface area contributed by atoms with Gasteiger partial charge in [0.05, 0.1) is 38.8 Å². The van der Waals surface area contributed by atoms with Crippen LogP contribution in [0.1, 0.15) is 32.8 Å². The SMILES string of the molecule is CCNC(=S)N(CCC[NH+](CC)CC)Cc1cc2ccc(OC)cc2[nH]c1=O. The van der Waals surface area contributed by atoms with E-state index in [9.17, 15) is 4.79 Å². The molecule has 0 aliphatic rings. The first-order chi connectivity index (χ1) is 13.5. The lowest BCUT2D eigenvalue weighted by molar-refractivity contribution is -0.896. The van der Waals surface area contributed by atoms with Crippen LogP contribution in [0.5, 0.6) is 5.75 Å². The molecule has 7 heteroatoms. The molecule has 154 valence electrons. The van der Waals surface area contributed by atoms with Gasteiger partial charge in [0, 0.05) is 31.1 Å². The number of quaternary nitrogens is 1. The fraction of sp³-hybridized carbons (Fsp3) is 0.524. The van der Waals surface area contributed by atoms with Gasteiger partial charge in [0.25, 0.3) is 5.56 Å². The first-order valence-electron chi connectivity index (χ1n) is 10.1. The molecule has 0 spiro atoms. The maximum atomic E-state index is 12.6. The smallest absolute Gasteiger partial charge is 0.253 e. The number of benzene rings is 1. The summed E-state index contributed by atoms with van der Waals surface area (Å²) in [7, 11) is 1.62. The molecule has 0 fully saturated rings. The second-order valence-corrected chi connectivity index (χ2v) is 7.28. The van der Waals surface area contributed by atoms with Gasteiger partial charge in [-0.1, -0.05) is 0 Å². The molecule has 6 nitrogen and oxygen atoms in total. The summed E-state index contributed by atoms with van der Waals surface area (Å²) in [6.07, 6.45) is 1.03. The molecule has 0 amide bonds. The number of ether oxygens (including phenoxy) is 1. The fourth-order valence-corrected chi connectivity index (χ4v) is 3.61. The highest BCUT2D eigenvalue weighted by atomic mass is 32.1. The van der Waals surface area contributed by atoms with Crippen LogP contribution in [0.3, 0.4) is 0 Å². The standard InChI is InChI=1S/C21H32N4O2S/c1-5-22-21(28)25(12-8-11-24(6-2)7-3)15-17-13-16-9-10-18(27-4)14-19(16)23-20(17)26/h9-10,13-14H,5-8,11-12,15H2,1-4H3,(H,22,28)(H,23,26)/p+1. The Morgan fingerprint density at radius 2 is 2.00 bits per heavy atom. The summed E-state index contributed by atoms with van der Waals surface area (Å²) in [5.41, 5.74) is 1.41. The second kappa shape index (κ2) is 11.0. The highest BCUT2D eigenvalue weighted by molar-refractivity contribution is 7.80. The molecule has 0 aliphatic carbocycles. The number of aromatic nitrogens is 1. The van der Waals surface area contributed by atoms with E-state index in [4.69, 9.17) is 17.0 Å². The first-order valence-corrected chi connectivity index (χ1v) is 10.5. The summed E-state index contributed by atoms with van der Waals surface area (Å²) in [6, 6.07) is 7.65. The molecule has 1 aromatic carbocycles. The van der Waals surface area contributed by atoms with Gasteiger partial charge < -0.3 is 24.8 Å². The topological polar surface area (TPSA) is 61.8 Å². The Hall–Kier alpha value is -2.12. The number of H-pyrrole nitrogens is 1. The van der Waals surface area contributed by atoms with E-state index < -0.39 is 0 Å². The van der Waals surface area contributed by atoms with Crippen molar-refractivity contribution >= 4 is 28.2 Å². The van der Waals surface area contributed by atoms with Crippen molar-refractivity contribution in [2.45, 2.75) is 33.7 Å². The highest BCUT2D eigenvalue weighted by Crippen LogP contribution is 2.19. The molecule has 0 atom stereocenters. The molecule has 0 saturated heterocycles. The zero-order valence-electron chi connectivity index (χ0n) is 17.4. The molecular weight excluding hydrogens is 372 g/mol. The van der Waals surface area contributed by atoms with Crippen molar-refractivity contribution in [3.8, 4) is 5.75 Å². The fourth-order valence-electron chi connectivity index (χ4n) is 3.31. The lowest BCUT2D eigenvalue weighted by atomic mass is 10.1. The number of rotatable bonds is 10. The van der Waals surface area contributed by atoms with E-state index in [-0.39, 0.29) is 5.56 Å². The van der Waals surface area contributed by atoms with Gasteiger partial charge in [0.2, 0.25) is 0 Å². The van der Waals surface area contributed by atoms with Gasteiger partial charge in [0.15, 0.2) is 5.11 Å². The Morgan fingerprint density at radius 3 is 2.64 bits per heavy atom. The Bertz CT molecular complexity index is 833. The number of fused-ring (bicyclic) bond motifs is 1. The molecule has 3 N–H and O–H groups in total. The predicted molar refractivity (Wildman–Crippen MR) is 119 cm³/mol. The van der Waals surface area contributed by atoms with Gasteiger partial charge in [-0.25, -0.2) is 0 Å². The number of thiocarbonyl (C=S) groups is 1. The van der Waals surface area contributed by atoms with Crippen LogP contribution in [0, 0.1) is 0 Å². The summed E-state index contributed by atoms with van der Waals surface area (Å²) in [5, 5.41) is 4.91. The summed E-state index contributed by atoms with van der Waals surface area (Å²) < 4.78 is 5.24. The average molecular weight is 406 g/mol. The van der Waals surface area contributed by atoms with Crippen LogP contribution >= 0.6 is 12.2 Å². The van der Waals surface area contributed by atoms with Crippen molar-refractivity contribution in [1.29, 1.82) is 0 Å². The van der Waals surface area contributed by atoms with Crippen LogP contribution in [-0.4, -0.2) is 54.8 Å². The number of methoxy groups -OCH3 is 1. The molecule has 0 aliphatic heterocycles. The average Bonchev–Trinajstić information content (AvgIpc) is 2.70. The molecule has 0 saturated carbocycles. The van der Waals surface area contributed by atoms with E-state index in [1.54, 1.807) is 12.0 Å². The van der Waals surface area contributed by atoms with E-state index >= 15 is 0 Å². The van der Waals surface area contributed by atoms with Gasteiger partial charge in [-0.3, -0.25) is 4.79 Å². The van der Waals surface area contributed by atoms with Crippen molar-refractivity contribution < 1.29 is 9.64 Å². The zero-order chi connectivity index (χ0) is 20.5. The van der Waals surface area contributed by atoms with Crippen LogP contribution in [0.4, 0.5) is 0 Å². The first kappa shape index (κ1) is 22.2. The van der Waals surface area contributed by atoms with Crippen molar-refractivity contribution in [3.63, 3.8) is 0 Å². The molecule has 2 rings (SSSR count). The van der Waals surface area contributed by atoms with E-state index in [1.807, 2.05) is 31.2 Å². The third-order valence-corrected chi connectivity index (χ3v) is 5.47. The van der Waals surface area contributed by atoms with Crippen molar-refractivity contribution in [2.24, 2.45) is 0 Å². The van der Waals surface area contributed by atoms with Crippen molar-refractivity contribution in [3.05, 3.63) is 40.2 Å². The number of hydrogen-bond acceptors (Lipinski definition) is 3. The van der Waals surface area contributed by atoms with E-state index in [1.165, 1.54) is 0 Å². The van der Waals surface area contributed by atoms with Crippen molar-refractivity contribution in [2.75, 3.05) is 39.8 Å². The minimum atomic E-state index is -0.0839. The third kappa shape index (κ3) is 5.94. The largest absolute Gasteiger partial charge is 0.497 e.